The van der Waals surface area contributed by atoms with E-state index in [1.165, 1.54) is 25.3 Å². The summed E-state index contributed by atoms with van der Waals surface area (Å²) in [7, 11) is 1.44. The molecule has 134 valence electrons. The standard InChI is InChI=1S/C17H26FN3O3/c1-12(2)15(21-6-8-24-9-7-21)11-19-17(22)20-14-5-4-13(18)10-16(14)23-3/h4-5,10,12,15H,6-9,11H2,1-3H3,(H2,19,20,22). The molecule has 1 aliphatic rings. The number of carbonyl (C=O) groups is 1. The Hall–Kier alpha value is -1.86. The van der Waals surface area contributed by atoms with Crippen LogP contribution in [0.15, 0.2) is 18.2 Å². The summed E-state index contributed by atoms with van der Waals surface area (Å²) in [6.45, 7) is 8.01. The lowest BCUT2D eigenvalue weighted by molar-refractivity contribution is 0.00728. The Morgan fingerprint density at radius 1 is 1.38 bits per heavy atom. The monoisotopic (exact) mass is 339 g/mol. The molecule has 1 unspecified atom stereocenters. The summed E-state index contributed by atoms with van der Waals surface area (Å²) in [5.41, 5.74) is 0.434. The maximum Gasteiger partial charge on any atom is 0.319 e. The predicted octanol–water partition coefficient (Wildman–Crippen LogP) is 2.31. The lowest BCUT2D eigenvalue weighted by atomic mass is 10.0. The second-order valence-electron chi connectivity index (χ2n) is 6.14. The van der Waals surface area contributed by atoms with Crippen LogP contribution in [-0.4, -0.2) is 56.9 Å². The van der Waals surface area contributed by atoms with E-state index in [0.29, 0.717) is 23.9 Å². The van der Waals surface area contributed by atoms with E-state index in [2.05, 4.69) is 29.4 Å². The number of hydrogen-bond donors (Lipinski definition) is 2. The van der Waals surface area contributed by atoms with Crippen molar-refractivity contribution in [2.45, 2.75) is 19.9 Å². The fourth-order valence-electron chi connectivity index (χ4n) is 2.83. The molecule has 24 heavy (non-hydrogen) atoms. The first-order valence-corrected chi connectivity index (χ1v) is 8.21. The molecule has 1 aromatic carbocycles. The Morgan fingerprint density at radius 3 is 2.71 bits per heavy atom. The second kappa shape index (κ2) is 8.84. The van der Waals surface area contributed by atoms with E-state index in [-0.39, 0.29) is 12.1 Å². The van der Waals surface area contributed by atoms with Gasteiger partial charge in [-0.15, -0.1) is 0 Å². The number of urea groups is 1. The minimum Gasteiger partial charge on any atom is -0.494 e. The molecule has 0 aliphatic carbocycles. The number of amides is 2. The van der Waals surface area contributed by atoms with Crippen molar-refractivity contribution in [3.05, 3.63) is 24.0 Å². The highest BCUT2D eigenvalue weighted by molar-refractivity contribution is 5.90. The van der Waals surface area contributed by atoms with Crippen LogP contribution in [0.3, 0.4) is 0 Å². The minimum absolute atomic E-state index is 0.245. The van der Waals surface area contributed by atoms with Crippen LogP contribution in [0.2, 0.25) is 0 Å². The number of carbonyl (C=O) groups excluding carboxylic acids is 1. The molecule has 1 saturated heterocycles. The number of nitrogens with one attached hydrogen (secondary N) is 2. The number of nitrogens with zero attached hydrogens (tertiary/aromatic N) is 1. The highest BCUT2D eigenvalue weighted by atomic mass is 19.1. The van der Waals surface area contributed by atoms with Gasteiger partial charge in [-0.1, -0.05) is 13.8 Å². The van der Waals surface area contributed by atoms with Crippen LogP contribution in [-0.2, 0) is 4.74 Å². The van der Waals surface area contributed by atoms with Gasteiger partial charge in [-0.3, -0.25) is 4.90 Å². The van der Waals surface area contributed by atoms with Crippen molar-refractivity contribution in [1.82, 2.24) is 10.2 Å². The summed E-state index contributed by atoms with van der Waals surface area (Å²) in [4.78, 5) is 14.5. The molecule has 7 heteroatoms. The zero-order chi connectivity index (χ0) is 17.5. The maximum atomic E-state index is 13.2. The molecule has 1 aromatic rings. The van der Waals surface area contributed by atoms with Crippen molar-refractivity contribution in [3.63, 3.8) is 0 Å². The number of anilines is 1. The van der Waals surface area contributed by atoms with Crippen molar-refractivity contribution in [1.29, 1.82) is 0 Å². The van der Waals surface area contributed by atoms with Crippen LogP contribution in [0.25, 0.3) is 0 Å². The number of ether oxygens (including phenoxy) is 2. The zero-order valence-electron chi connectivity index (χ0n) is 14.5. The summed E-state index contributed by atoms with van der Waals surface area (Å²) in [5.74, 6) is 0.285. The molecular formula is C17H26FN3O3. The van der Waals surface area contributed by atoms with Gasteiger partial charge in [0.1, 0.15) is 11.6 Å². The van der Waals surface area contributed by atoms with E-state index in [9.17, 15) is 9.18 Å². The SMILES string of the molecule is COc1cc(F)ccc1NC(=O)NCC(C(C)C)N1CCOCC1. The summed E-state index contributed by atoms with van der Waals surface area (Å²) < 4.78 is 23.7. The van der Waals surface area contributed by atoms with Crippen molar-refractivity contribution in [3.8, 4) is 5.75 Å². The first kappa shape index (κ1) is 18.5. The average molecular weight is 339 g/mol. The molecule has 1 aliphatic heterocycles. The Labute approximate surface area is 142 Å². The molecule has 0 radical (unpaired) electrons. The van der Waals surface area contributed by atoms with E-state index in [0.717, 1.165) is 26.3 Å². The van der Waals surface area contributed by atoms with Gasteiger partial charge in [-0.05, 0) is 18.1 Å². The van der Waals surface area contributed by atoms with Crippen LogP contribution in [0, 0.1) is 11.7 Å². The molecular weight excluding hydrogens is 313 g/mol. The summed E-state index contributed by atoms with van der Waals surface area (Å²) in [6, 6.07) is 3.91. The fraction of sp³-hybridized carbons (Fsp3) is 0.588. The summed E-state index contributed by atoms with van der Waals surface area (Å²) in [6.07, 6.45) is 0. The Bertz CT molecular complexity index is 548. The van der Waals surface area contributed by atoms with Gasteiger partial charge in [0.25, 0.3) is 0 Å². The third kappa shape index (κ3) is 5.07. The molecule has 0 spiro atoms. The van der Waals surface area contributed by atoms with Crippen LogP contribution in [0.1, 0.15) is 13.8 Å². The predicted molar refractivity (Wildman–Crippen MR) is 91.0 cm³/mol. The second-order valence-corrected chi connectivity index (χ2v) is 6.14. The molecule has 0 bridgehead atoms. The van der Waals surface area contributed by atoms with Crippen LogP contribution in [0.4, 0.5) is 14.9 Å². The largest absolute Gasteiger partial charge is 0.494 e. The number of rotatable bonds is 6. The Kier molecular flexibility index (Phi) is 6.81. The highest BCUT2D eigenvalue weighted by Gasteiger charge is 2.24. The molecule has 6 nitrogen and oxygen atoms in total. The topological polar surface area (TPSA) is 62.8 Å². The third-order valence-electron chi connectivity index (χ3n) is 4.17. The van der Waals surface area contributed by atoms with Crippen molar-refractivity contribution >= 4 is 11.7 Å². The smallest absolute Gasteiger partial charge is 0.319 e. The first-order valence-electron chi connectivity index (χ1n) is 8.21. The van der Waals surface area contributed by atoms with Crippen molar-refractivity contribution in [2.75, 3.05) is 45.3 Å². The Balaban J connectivity index is 1.91. The lowest BCUT2D eigenvalue weighted by Gasteiger charge is -2.36. The quantitative estimate of drug-likeness (QED) is 0.835. The van der Waals surface area contributed by atoms with Crippen molar-refractivity contribution < 1.29 is 18.7 Å². The zero-order valence-corrected chi connectivity index (χ0v) is 14.5. The molecule has 2 N–H and O–H groups in total. The molecule has 0 saturated carbocycles. The lowest BCUT2D eigenvalue weighted by Crippen LogP contribution is -2.51. The average Bonchev–Trinajstić information content (AvgIpc) is 2.57. The molecule has 1 heterocycles. The van der Waals surface area contributed by atoms with Crippen LogP contribution >= 0.6 is 0 Å². The van der Waals surface area contributed by atoms with E-state index in [1.54, 1.807) is 0 Å². The van der Waals surface area contributed by atoms with Gasteiger partial charge in [0.2, 0.25) is 0 Å². The number of methoxy groups -OCH3 is 1. The van der Waals surface area contributed by atoms with E-state index < -0.39 is 5.82 Å². The van der Waals surface area contributed by atoms with E-state index in [4.69, 9.17) is 9.47 Å². The van der Waals surface area contributed by atoms with Gasteiger partial charge in [0.15, 0.2) is 0 Å². The minimum atomic E-state index is -0.412. The maximum absolute atomic E-state index is 13.2. The highest BCUT2D eigenvalue weighted by Crippen LogP contribution is 2.24. The number of hydrogen-bond acceptors (Lipinski definition) is 4. The van der Waals surface area contributed by atoms with Gasteiger partial charge in [-0.25, -0.2) is 9.18 Å². The third-order valence-corrected chi connectivity index (χ3v) is 4.17. The number of morpholine rings is 1. The normalized spacial score (nSPS) is 16.7. The summed E-state index contributed by atoms with van der Waals surface area (Å²) >= 11 is 0. The van der Waals surface area contributed by atoms with Crippen LogP contribution in [0.5, 0.6) is 5.75 Å². The van der Waals surface area contributed by atoms with Crippen molar-refractivity contribution in [2.24, 2.45) is 5.92 Å². The van der Waals surface area contributed by atoms with E-state index >= 15 is 0 Å². The van der Waals surface area contributed by atoms with Gasteiger partial charge in [0.05, 0.1) is 26.0 Å². The van der Waals surface area contributed by atoms with Gasteiger partial charge in [0, 0.05) is 31.7 Å². The van der Waals surface area contributed by atoms with Gasteiger partial charge >= 0.3 is 6.03 Å². The molecule has 1 fully saturated rings. The van der Waals surface area contributed by atoms with Crippen LogP contribution < -0.4 is 15.4 Å². The van der Waals surface area contributed by atoms with Gasteiger partial charge in [-0.2, -0.15) is 0 Å². The number of halogens is 1. The Morgan fingerprint density at radius 2 is 2.08 bits per heavy atom. The van der Waals surface area contributed by atoms with Gasteiger partial charge < -0.3 is 20.1 Å². The first-order chi connectivity index (χ1) is 11.5. The fourth-order valence-corrected chi connectivity index (χ4v) is 2.83. The molecule has 0 aromatic heterocycles. The van der Waals surface area contributed by atoms with E-state index in [1.807, 2.05) is 0 Å². The number of benzene rings is 1. The molecule has 2 amide bonds. The summed E-state index contributed by atoms with van der Waals surface area (Å²) in [5, 5.41) is 5.59. The molecule has 1 atom stereocenters. The molecule has 2 rings (SSSR count).